The van der Waals surface area contributed by atoms with E-state index < -0.39 is 27.5 Å². The lowest BCUT2D eigenvalue weighted by molar-refractivity contribution is -0.119. The number of carboxylic acids is 1. The van der Waals surface area contributed by atoms with Crippen molar-refractivity contribution in [1.29, 1.82) is 0 Å². The van der Waals surface area contributed by atoms with Crippen molar-refractivity contribution in [3.63, 3.8) is 0 Å². The van der Waals surface area contributed by atoms with E-state index in [1.54, 1.807) is 13.8 Å². The van der Waals surface area contributed by atoms with Crippen LogP contribution in [0.25, 0.3) is 0 Å². The van der Waals surface area contributed by atoms with Gasteiger partial charge in [0.1, 0.15) is 5.75 Å². The molecular weight excluding hydrogens is 318 g/mol. The number of carbonyl (C=O) groups excluding carboxylic acids is 1. The van der Waals surface area contributed by atoms with Crippen molar-refractivity contribution in [2.75, 3.05) is 5.75 Å². The molecule has 8 heteroatoms. The normalized spacial score (nSPS) is 11.5. The molecule has 0 fully saturated rings. The number of aromatic carboxylic acids is 1. The first-order valence-electron chi connectivity index (χ1n) is 6.10. The first-order chi connectivity index (χ1) is 9.54. The monoisotopic (exact) mass is 333 g/mol. The number of carboxylic acid groups (broad SMARTS) is 1. The Kier molecular flexibility index (Phi) is 5.36. The molecule has 1 aromatic rings. The summed E-state index contributed by atoms with van der Waals surface area (Å²) in [6.45, 7) is 4.78. The van der Waals surface area contributed by atoms with Crippen molar-refractivity contribution in [1.82, 2.24) is 5.32 Å². The van der Waals surface area contributed by atoms with Gasteiger partial charge in [0.05, 0.1) is 10.5 Å². The van der Waals surface area contributed by atoms with E-state index in [1.165, 1.54) is 13.0 Å². The van der Waals surface area contributed by atoms with Crippen LogP contribution in [0.15, 0.2) is 17.0 Å². The molecule has 0 atom stereocenters. The van der Waals surface area contributed by atoms with Gasteiger partial charge in [-0.05, 0) is 38.5 Å². The summed E-state index contributed by atoms with van der Waals surface area (Å²) in [7, 11) is -3.97. The average Bonchev–Trinajstić information content (AvgIpc) is 2.29. The lowest BCUT2D eigenvalue weighted by Crippen LogP contribution is -2.35. The molecule has 0 heterocycles. The number of nitrogens with one attached hydrogen (secondary N) is 1. The van der Waals surface area contributed by atoms with Crippen molar-refractivity contribution in [2.45, 2.75) is 31.7 Å². The fourth-order valence-corrected chi connectivity index (χ4v) is 3.56. The summed E-state index contributed by atoms with van der Waals surface area (Å²) < 4.78 is 24.5. The van der Waals surface area contributed by atoms with Gasteiger partial charge in [-0.2, -0.15) is 0 Å². The topological polar surface area (TPSA) is 101 Å². The van der Waals surface area contributed by atoms with Crippen molar-refractivity contribution in [3.05, 3.63) is 28.3 Å². The van der Waals surface area contributed by atoms with Gasteiger partial charge in [-0.1, -0.05) is 11.6 Å². The minimum atomic E-state index is -3.97. The zero-order chi connectivity index (χ0) is 16.4. The predicted molar refractivity (Wildman–Crippen MR) is 78.5 cm³/mol. The Morgan fingerprint density at radius 3 is 2.38 bits per heavy atom. The molecule has 21 heavy (non-hydrogen) atoms. The maximum absolute atomic E-state index is 12.3. The highest BCUT2D eigenvalue weighted by atomic mass is 35.5. The van der Waals surface area contributed by atoms with Crippen LogP contribution in [0.1, 0.15) is 29.8 Å². The molecule has 6 nitrogen and oxygen atoms in total. The fourth-order valence-electron chi connectivity index (χ4n) is 1.81. The Morgan fingerprint density at radius 1 is 1.33 bits per heavy atom. The first kappa shape index (κ1) is 17.5. The highest BCUT2D eigenvalue weighted by Crippen LogP contribution is 2.25. The van der Waals surface area contributed by atoms with Gasteiger partial charge in [-0.3, -0.25) is 4.79 Å². The van der Waals surface area contributed by atoms with Crippen LogP contribution in [0.2, 0.25) is 5.02 Å². The molecule has 1 amide bonds. The minimum absolute atomic E-state index is 0.0131. The highest BCUT2D eigenvalue weighted by molar-refractivity contribution is 7.92. The second-order valence-electron chi connectivity index (χ2n) is 4.86. The number of amides is 1. The van der Waals surface area contributed by atoms with E-state index in [0.29, 0.717) is 0 Å². The second-order valence-corrected chi connectivity index (χ2v) is 7.26. The molecule has 0 bridgehead atoms. The van der Waals surface area contributed by atoms with Crippen molar-refractivity contribution in [2.24, 2.45) is 0 Å². The van der Waals surface area contributed by atoms with Crippen LogP contribution < -0.4 is 5.32 Å². The number of benzene rings is 1. The summed E-state index contributed by atoms with van der Waals surface area (Å²) >= 11 is 5.76. The molecule has 0 aromatic heterocycles. The van der Waals surface area contributed by atoms with Crippen molar-refractivity contribution < 1.29 is 23.1 Å². The summed E-state index contributed by atoms with van der Waals surface area (Å²) in [6.07, 6.45) is 0. The van der Waals surface area contributed by atoms with Gasteiger partial charge in [0.25, 0.3) is 0 Å². The Hall–Kier alpha value is -1.60. The number of hydrogen-bond donors (Lipinski definition) is 2. The lowest BCUT2D eigenvalue weighted by atomic mass is 10.1. The summed E-state index contributed by atoms with van der Waals surface area (Å²) in [5.74, 6) is -2.69. The molecule has 2 N–H and O–H groups in total. The standard InChI is InChI=1S/C13H16ClNO5S/c1-7(2)15-12(16)6-21(19,20)11-5-9(14)4-10(8(11)3)13(17)18/h4-5,7H,6H2,1-3H3,(H,15,16)(H,17,18). The number of rotatable bonds is 5. The maximum Gasteiger partial charge on any atom is 0.336 e. The molecule has 0 radical (unpaired) electrons. The predicted octanol–water partition coefficient (Wildman–Crippen LogP) is 1.64. The van der Waals surface area contributed by atoms with E-state index >= 15 is 0 Å². The molecule has 1 rings (SSSR count). The van der Waals surface area contributed by atoms with Crippen LogP contribution in [0.3, 0.4) is 0 Å². The zero-order valence-corrected chi connectivity index (χ0v) is 13.4. The van der Waals surface area contributed by atoms with Gasteiger partial charge in [-0.15, -0.1) is 0 Å². The number of carbonyl (C=O) groups is 2. The van der Waals surface area contributed by atoms with E-state index in [4.69, 9.17) is 16.7 Å². The summed E-state index contributed by atoms with van der Waals surface area (Å²) in [5.41, 5.74) is -0.144. The van der Waals surface area contributed by atoms with Gasteiger partial charge < -0.3 is 10.4 Å². The highest BCUT2D eigenvalue weighted by Gasteiger charge is 2.25. The SMILES string of the molecule is Cc1c(C(=O)O)cc(Cl)cc1S(=O)(=O)CC(=O)NC(C)C. The molecule has 0 aliphatic rings. The Bertz CT molecular complexity index is 682. The quantitative estimate of drug-likeness (QED) is 0.853. The van der Waals surface area contributed by atoms with Crippen LogP contribution in [0, 0.1) is 6.92 Å². The number of halogens is 1. The maximum atomic E-state index is 12.3. The lowest BCUT2D eigenvalue weighted by Gasteiger charge is -2.12. The molecule has 0 spiro atoms. The van der Waals surface area contributed by atoms with Gasteiger partial charge in [0.2, 0.25) is 5.91 Å². The molecule has 1 aromatic carbocycles. The fraction of sp³-hybridized carbons (Fsp3) is 0.385. The van der Waals surface area contributed by atoms with Gasteiger partial charge in [0, 0.05) is 11.1 Å². The summed E-state index contributed by atoms with van der Waals surface area (Å²) in [5, 5.41) is 11.5. The van der Waals surface area contributed by atoms with Gasteiger partial charge in [0.15, 0.2) is 9.84 Å². The molecule has 116 valence electrons. The molecule has 0 unspecified atom stereocenters. The first-order valence-corrected chi connectivity index (χ1v) is 8.13. The van der Waals surface area contributed by atoms with Crippen LogP contribution in [0.5, 0.6) is 0 Å². The van der Waals surface area contributed by atoms with Crippen LogP contribution in [-0.4, -0.2) is 37.2 Å². The zero-order valence-electron chi connectivity index (χ0n) is 11.8. The number of hydrogen-bond acceptors (Lipinski definition) is 4. The molecule has 0 aliphatic heterocycles. The third kappa shape index (κ3) is 4.44. The second kappa shape index (κ2) is 6.44. The number of sulfone groups is 1. The van der Waals surface area contributed by atoms with Gasteiger partial charge in [-0.25, -0.2) is 13.2 Å². The van der Waals surface area contributed by atoms with Crippen molar-refractivity contribution in [3.8, 4) is 0 Å². The van der Waals surface area contributed by atoms with Crippen LogP contribution in [0.4, 0.5) is 0 Å². The Labute approximate surface area is 128 Å². The van der Waals surface area contributed by atoms with E-state index in [-0.39, 0.29) is 27.1 Å². The van der Waals surface area contributed by atoms with E-state index in [2.05, 4.69) is 5.32 Å². The van der Waals surface area contributed by atoms with Crippen LogP contribution in [-0.2, 0) is 14.6 Å². The Morgan fingerprint density at radius 2 is 1.90 bits per heavy atom. The third-order valence-corrected chi connectivity index (χ3v) is 4.62. The molecule has 0 aliphatic carbocycles. The smallest absolute Gasteiger partial charge is 0.336 e. The Balaban J connectivity index is 3.26. The minimum Gasteiger partial charge on any atom is -0.478 e. The van der Waals surface area contributed by atoms with E-state index in [0.717, 1.165) is 6.07 Å². The average molecular weight is 334 g/mol. The van der Waals surface area contributed by atoms with Crippen LogP contribution >= 0.6 is 11.6 Å². The van der Waals surface area contributed by atoms with E-state index in [1.807, 2.05) is 0 Å². The third-order valence-electron chi connectivity index (χ3n) is 2.66. The molecule has 0 saturated heterocycles. The molecular formula is C13H16ClNO5S. The van der Waals surface area contributed by atoms with Gasteiger partial charge >= 0.3 is 5.97 Å². The van der Waals surface area contributed by atoms with E-state index in [9.17, 15) is 18.0 Å². The van der Waals surface area contributed by atoms with Crippen molar-refractivity contribution >= 4 is 33.3 Å². The summed E-state index contributed by atoms with van der Waals surface area (Å²) in [6, 6.07) is 2.14. The molecule has 0 saturated carbocycles. The largest absolute Gasteiger partial charge is 0.478 e. The summed E-state index contributed by atoms with van der Waals surface area (Å²) in [4.78, 5) is 22.5.